The Morgan fingerprint density at radius 2 is 1.43 bits per heavy atom. The number of aliphatic hydroxyl groups is 1. The molecule has 54 heavy (non-hydrogen) atoms. The molecule has 0 bridgehead atoms. The third-order valence-electron chi connectivity index (χ3n) is 8.78. The van der Waals surface area contributed by atoms with Gasteiger partial charge in [-0.3, -0.25) is 24.0 Å². The van der Waals surface area contributed by atoms with E-state index in [0.717, 1.165) is 54.1 Å². The second-order valence-electron chi connectivity index (χ2n) is 12.8. The molecule has 18 nitrogen and oxygen atoms in total. The Kier molecular flexibility index (Phi) is 13.2. The van der Waals surface area contributed by atoms with Gasteiger partial charge in [0.25, 0.3) is 0 Å². The van der Waals surface area contributed by atoms with Crippen molar-refractivity contribution in [2.45, 2.75) is 102 Å². The van der Waals surface area contributed by atoms with Gasteiger partial charge in [0, 0.05) is 47.1 Å². The fraction of sp³-hybridized carbons (Fsp3) is 0.528. The molecule has 2 aliphatic heterocycles. The first-order chi connectivity index (χ1) is 25.4. The SMILES string of the molecule is COC(=O)C1=CO[C@@H](O[C@H]2O[C@@H](COC(C)=O)[C@H](OC(C)=O)[C@@H](OC(C)=O)[C@@H]2OC(C)=O)[C@@H]2[C@@](C)(OC(C)=O)[C@@H](OC(=O)/C=C/c3ccccc3)C[C@]12O. The Bertz CT molecular complexity index is 1670. The molecule has 0 spiro atoms. The summed E-state index contributed by atoms with van der Waals surface area (Å²) in [6, 6.07) is 8.77. The number of esters is 7. The Balaban J connectivity index is 1.80. The zero-order valence-corrected chi connectivity index (χ0v) is 30.5. The van der Waals surface area contributed by atoms with Crippen LogP contribution in [0.15, 0.2) is 48.2 Å². The molecule has 1 aromatic rings. The van der Waals surface area contributed by atoms with Gasteiger partial charge in [0.05, 0.1) is 19.3 Å². The average Bonchev–Trinajstić information content (AvgIpc) is 3.30. The van der Waals surface area contributed by atoms with Crippen LogP contribution in [0.3, 0.4) is 0 Å². The molecule has 1 aliphatic carbocycles. The number of hydrogen-bond donors (Lipinski definition) is 1. The van der Waals surface area contributed by atoms with Gasteiger partial charge in [-0.25, -0.2) is 9.59 Å². The van der Waals surface area contributed by atoms with Crippen LogP contribution in [0.2, 0.25) is 0 Å². The van der Waals surface area contributed by atoms with Crippen LogP contribution < -0.4 is 0 Å². The molecule has 0 aromatic heterocycles. The fourth-order valence-electron chi connectivity index (χ4n) is 6.76. The summed E-state index contributed by atoms with van der Waals surface area (Å²) in [6.07, 6.45) is -8.48. The Morgan fingerprint density at radius 3 is 2.00 bits per heavy atom. The second kappa shape index (κ2) is 17.2. The van der Waals surface area contributed by atoms with Crippen molar-refractivity contribution in [3.8, 4) is 0 Å². The quantitative estimate of drug-likeness (QED) is 0.179. The predicted octanol–water partition coefficient (Wildman–Crippen LogP) is 1.20. The molecule has 1 saturated heterocycles. The minimum Gasteiger partial charge on any atom is -0.471 e. The van der Waals surface area contributed by atoms with Crippen LogP contribution in [-0.4, -0.2) is 115 Å². The summed E-state index contributed by atoms with van der Waals surface area (Å²) in [5.41, 5.74) is -4.16. The third-order valence-corrected chi connectivity index (χ3v) is 8.78. The van der Waals surface area contributed by atoms with Gasteiger partial charge in [0.1, 0.15) is 30.0 Å². The summed E-state index contributed by atoms with van der Waals surface area (Å²) < 4.78 is 56.0. The van der Waals surface area contributed by atoms with E-state index < -0.39 is 121 Å². The van der Waals surface area contributed by atoms with Crippen molar-refractivity contribution < 1.29 is 86.0 Å². The van der Waals surface area contributed by atoms with Gasteiger partial charge in [0.2, 0.25) is 12.6 Å². The monoisotopic (exact) mass is 762 g/mol. The highest BCUT2D eigenvalue weighted by atomic mass is 16.8. The average molecular weight is 763 g/mol. The van der Waals surface area contributed by atoms with Crippen LogP contribution in [-0.2, 0) is 80.9 Å². The molecule has 1 saturated carbocycles. The van der Waals surface area contributed by atoms with E-state index in [0.29, 0.717) is 5.56 Å². The van der Waals surface area contributed by atoms with Crippen LogP contribution in [0.5, 0.6) is 0 Å². The first kappa shape index (κ1) is 41.4. The van der Waals surface area contributed by atoms with E-state index in [-0.39, 0.29) is 0 Å². The van der Waals surface area contributed by atoms with Crippen molar-refractivity contribution in [2.75, 3.05) is 13.7 Å². The third kappa shape index (κ3) is 9.42. The molecular weight excluding hydrogens is 720 g/mol. The van der Waals surface area contributed by atoms with Crippen molar-refractivity contribution in [3.05, 3.63) is 53.8 Å². The topological polar surface area (TPSA) is 232 Å². The minimum atomic E-state index is -2.35. The first-order valence-electron chi connectivity index (χ1n) is 16.7. The normalized spacial score (nSPS) is 31.4. The van der Waals surface area contributed by atoms with E-state index in [1.165, 1.54) is 13.0 Å². The Labute approximate surface area is 309 Å². The maximum absolute atomic E-state index is 13.2. The highest BCUT2D eigenvalue weighted by Crippen LogP contribution is 2.55. The van der Waals surface area contributed by atoms with Crippen LogP contribution in [0.1, 0.15) is 53.5 Å². The molecule has 0 unspecified atom stereocenters. The zero-order valence-electron chi connectivity index (χ0n) is 30.5. The van der Waals surface area contributed by atoms with E-state index in [2.05, 4.69) is 0 Å². The first-order valence-corrected chi connectivity index (χ1v) is 16.7. The molecule has 0 radical (unpaired) electrons. The van der Waals surface area contributed by atoms with Gasteiger partial charge in [-0.15, -0.1) is 0 Å². The van der Waals surface area contributed by atoms with Gasteiger partial charge < -0.3 is 52.5 Å². The predicted molar refractivity (Wildman–Crippen MR) is 177 cm³/mol. The lowest BCUT2D eigenvalue weighted by Crippen LogP contribution is -2.65. The second-order valence-corrected chi connectivity index (χ2v) is 12.8. The summed E-state index contributed by atoms with van der Waals surface area (Å²) in [7, 11) is 1.05. The standard InChI is InChI=1S/C36H42O18/c1-18(37)46-17-25-28(48-19(2)38)29(49-20(3)39)30(50-21(4)40)33(51-25)53-34-31-35(6,54-22(5)41)26(15-36(31,44)24(16-47-34)32(43)45-7)52-27(42)14-13-23-11-9-8-10-12-23/h8-14,16,25-26,28-31,33-34,44H,15,17H2,1-7H3/b14-13+/t25-,26-,28-,29+,30-,31+,33+,34-,35-,36-/m0/s1. The molecule has 3 aliphatic rings. The van der Waals surface area contributed by atoms with Gasteiger partial charge in [-0.05, 0) is 18.6 Å². The number of methoxy groups -OCH3 is 1. The summed E-state index contributed by atoms with van der Waals surface area (Å²) in [6.45, 7) is 6.01. The van der Waals surface area contributed by atoms with E-state index in [1.54, 1.807) is 30.3 Å². The molecular formula is C36H42O18. The number of fused-ring (bicyclic) bond motifs is 1. The summed E-state index contributed by atoms with van der Waals surface area (Å²) >= 11 is 0. The summed E-state index contributed by atoms with van der Waals surface area (Å²) in [5, 5.41) is 12.4. The van der Waals surface area contributed by atoms with Crippen molar-refractivity contribution in [1.29, 1.82) is 0 Å². The van der Waals surface area contributed by atoms with Crippen molar-refractivity contribution in [2.24, 2.45) is 5.92 Å². The lowest BCUT2D eigenvalue weighted by molar-refractivity contribution is -0.354. The maximum atomic E-state index is 13.2. The van der Waals surface area contributed by atoms with Crippen LogP contribution in [0.25, 0.3) is 6.08 Å². The van der Waals surface area contributed by atoms with Gasteiger partial charge in [0.15, 0.2) is 23.9 Å². The molecule has 1 aromatic carbocycles. The van der Waals surface area contributed by atoms with Gasteiger partial charge >= 0.3 is 41.8 Å². The zero-order chi connectivity index (χ0) is 40.0. The Morgan fingerprint density at radius 1 is 0.815 bits per heavy atom. The van der Waals surface area contributed by atoms with Crippen molar-refractivity contribution in [1.82, 2.24) is 0 Å². The van der Waals surface area contributed by atoms with E-state index in [4.69, 9.17) is 47.4 Å². The van der Waals surface area contributed by atoms with Crippen molar-refractivity contribution >= 4 is 47.9 Å². The van der Waals surface area contributed by atoms with Crippen LogP contribution in [0, 0.1) is 5.92 Å². The van der Waals surface area contributed by atoms with Crippen LogP contribution >= 0.6 is 0 Å². The molecule has 2 heterocycles. The number of hydrogen-bond acceptors (Lipinski definition) is 18. The molecule has 2 fully saturated rings. The minimum absolute atomic E-state index is 0.451. The lowest BCUT2D eigenvalue weighted by atomic mass is 9.77. The molecule has 0 amide bonds. The highest BCUT2D eigenvalue weighted by Gasteiger charge is 2.71. The highest BCUT2D eigenvalue weighted by molar-refractivity contribution is 5.91. The maximum Gasteiger partial charge on any atom is 0.339 e. The molecule has 294 valence electrons. The molecule has 4 rings (SSSR count). The fourth-order valence-corrected chi connectivity index (χ4v) is 6.76. The van der Waals surface area contributed by atoms with Gasteiger partial charge in [-0.2, -0.15) is 0 Å². The molecule has 1 N–H and O–H groups in total. The van der Waals surface area contributed by atoms with Crippen LogP contribution in [0.4, 0.5) is 0 Å². The molecule has 10 atom stereocenters. The van der Waals surface area contributed by atoms with E-state index in [9.17, 15) is 38.7 Å². The number of carbonyl (C=O) groups is 7. The summed E-state index contributed by atoms with van der Waals surface area (Å²) in [5.74, 6) is -7.91. The largest absolute Gasteiger partial charge is 0.471 e. The smallest absolute Gasteiger partial charge is 0.339 e. The Hall–Kier alpha value is -5.33. The lowest BCUT2D eigenvalue weighted by Gasteiger charge is -2.48. The van der Waals surface area contributed by atoms with Crippen molar-refractivity contribution in [3.63, 3.8) is 0 Å². The van der Waals surface area contributed by atoms with E-state index >= 15 is 0 Å². The van der Waals surface area contributed by atoms with E-state index in [1.807, 2.05) is 0 Å². The molecule has 18 heteroatoms. The number of rotatable bonds is 12. The van der Waals surface area contributed by atoms with Gasteiger partial charge in [-0.1, -0.05) is 30.3 Å². The number of carbonyl (C=O) groups excluding carboxylic acids is 7. The number of benzene rings is 1. The number of ether oxygens (including phenoxy) is 10. The summed E-state index contributed by atoms with van der Waals surface area (Å²) in [4.78, 5) is 87.5.